The molecule has 3 rings (SSSR count). The number of nitrogens with one attached hydrogen (secondary N) is 1. The van der Waals surface area contributed by atoms with Crippen molar-refractivity contribution >= 4 is 37.5 Å². The van der Waals surface area contributed by atoms with Crippen molar-refractivity contribution in [1.82, 2.24) is 9.78 Å². The summed E-state index contributed by atoms with van der Waals surface area (Å²) in [4.78, 5) is 12.3. The van der Waals surface area contributed by atoms with Crippen LogP contribution >= 0.6 is 15.9 Å². The van der Waals surface area contributed by atoms with Crippen molar-refractivity contribution in [3.63, 3.8) is 0 Å². The van der Waals surface area contributed by atoms with E-state index in [0.29, 0.717) is 17.9 Å². The molecule has 0 atom stereocenters. The zero-order valence-electron chi connectivity index (χ0n) is 15.3. The van der Waals surface area contributed by atoms with E-state index in [1.807, 2.05) is 37.3 Å². The Labute approximate surface area is 172 Å². The Morgan fingerprint density at radius 3 is 2.43 bits per heavy atom. The van der Waals surface area contributed by atoms with Crippen LogP contribution in [-0.4, -0.2) is 29.9 Å². The van der Waals surface area contributed by atoms with Gasteiger partial charge in [-0.15, -0.1) is 0 Å². The Morgan fingerprint density at radius 2 is 1.75 bits per heavy atom. The lowest BCUT2D eigenvalue weighted by molar-refractivity contribution is -0.113. The highest BCUT2D eigenvalue weighted by Gasteiger charge is 2.19. The first-order chi connectivity index (χ1) is 13.3. The molecule has 0 fully saturated rings. The molecule has 0 saturated heterocycles. The number of nitrogens with zero attached hydrogens (tertiary/aromatic N) is 2. The van der Waals surface area contributed by atoms with E-state index >= 15 is 0 Å². The molecule has 0 aliphatic carbocycles. The van der Waals surface area contributed by atoms with Crippen molar-refractivity contribution in [1.29, 1.82) is 0 Å². The highest BCUT2D eigenvalue weighted by atomic mass is 79.9. The molecule has 0 aliphatic rings. The van der Waals surface area contributed by atoms with Gasteiger partial charge in [-0.3, -0.25) is 4.79 Å². The number of carbonyl (C=O) groups excluding carboxylic acids is 1. The molecule has 0 aliphatic heterocycles. The van der Waals surface area contributed by atoms with E-state index in [4.69, 9.17) is 0 Å². The second-order valence-corrected chi connectivity index (χ2v) is 9.50. The predicted molar refractivity (Wildman–Crippen MR) is 113 cm³/mol. The third-order valence-electron chi connectivity index (χ3n) is 4.00. The highest BCUT2D eigenvalue weighted by molar-refractivity contribution is 9.10. The number of aromatic nitrogens is 2. The smallest absolute Gasteiger partial charge is 0.240 e. The number of hydrogen-bond acceptors (Lipinski definition) is 4. The number of carbonyl (C=O) groups is 1. The summed E-state index contributed by atoms with van der Waals surface area (Å²) < 4.78 is 27.3. The number of benzene rings is 2. The molecule has 1 heterocycles. The van der Waals surface area contributed by atoms with Gasteiger partial charge in [-0.2, -0.15) is 5.10 Å². The first kappa shape index (κ1) is 20.3. The SMILES string of the molecule is Cc1cc(NC(=O)CS(=O)(=O)Cc2ccc(Br)cc2)n(Cc2ccccc2)n1. The number of sulfone groups is 1. The minimum absolute atomic E-state index is 0.185. The van der Waals surface area contributed by atoms with Crippen LogP contribution in [-0.2, 0) is 26.9 Å². The molecule has 3 aromatic rings. The summed E-state index contributed by atoms with van der Waals surface area (Å²) in [7, 11) is -3.59. The van der Waals surface area contributed by atoms with Crippen LogP contribution in [0.3, 0.4) is 0 Å². The Hall–Kier alpha value is -2.45. The number of amides is 1. The topological polar surface area (TPSA) is 81.1 Å². The van der Waals surface area contributed by atoms with E-state index in [2.05, 4.69) is 26.3 Å². The molecule has 2 aromatic carbocycles. The Kier molecular flexibility index (Phi) is 6.31. The summed E-state index contributed by atoms with van der Waals surface area (Å²) in [5, 5.41) is 7.06. The highest BCUT2D eigenvalue weighted by Crippen LogP contribution is 2.15. The number of anilines is 1. The number of halogens is 1. The van der Waals surface area contributed by atoms with E-state index in [0.717, 1.165) is 15.7 Å². The molecule has 6 nitrogen and oxygen atoms in total. The summed E-state index contributed by atoms with van der Waals surface area (Å²) in [6.45, 7) is 2.30. The fraction of sp³-hybridized carbons (Fsp3) is 0.200. The number of aryl methyl sites for hydroxylation is 1. The molecule has 1 aromatic heterocycles. The maximum atomic E-state index is 12.4. The van der Waals surface area contributed by atoms with Crippen molar-refractivity contribution in [2.45, 2.75) is 19.2 Å². The fourth-order valence-corrected chi connectivity index (χ4v) is 4.33. The second-order valence-electron chi connectivity index (χ2n) is 6.52. The molecule has 8 heteroatoms. The van der Waals surface area contributed by atoms with Gasteiger partial charge in [0.05, 0.1) is 18.0 Å². The molecule has 1 N–H and O–H groups in total. The van der Waals surface area contributed by atoms with E-state index in [1.165, 1.54) is 0 Å². The number of rotatable bonds is 7. The monoisotopic (exact) mass is 461 g/mol. The van der Waals surface area contributed by atoms with Crippen LogP contribution in [0, 0.1) is 6.92 Å². The Balaban J connectivity index is 1.66. The molecule has 0 spiro atoms. The zero-order chi connectivity index (χ0) is 20.1. The molecular formula is C20H20BrN3O3S. The third-order valence-corrected chi connectivity index (χ3v) is 6.00. The summed E-state index contributed by atoms with van der Waals surface area (Å²) in [6, 6.07) is 18.4. The van der Waals surface area contributed by atoms with Crippen LogP contribution in [0.25, 0.3) is 0 Å². The van der Waals surface area contributed by atoms with Crippen LogP contribution < -0.4 is 5.32 Å². The normalized spacial score (nSPS) is 11.4. The maximum absolute atomic E-state index is 12.4. The van der Waals surface area contributed by atoms with Crippen LogP contribution in [0.2, 0.25) is 0 Å². The summed E-state index contributed by atoms with van der Waals surface area (Å²) in [5.74, 6) is -0.870. The summed E-state index contributed by atoms with van der Waals surface area (Å²) in [6.07, 6.45) is 0. The average Bonchev–Trinajstić information content (AvgIpc) is 2.96. The Morgan fingerprint density at radius 1 is 1.07 bits per heavy atom. The zero-order valence-corrected chi connectivity index (χ0v) is 17.7. The molecule has 0 bridgehead atoms. The van der Waals surface area contributed by atoms with Gasteiger partial charge in [0, 0.05) is 10.5 Å². The standard InChI is InChI=1S/C20H20BrN3O3S/c1-15-11-19(24(23-15)12-16-5-3-2-4-6-16)22-20(25)14-28(26,27)13-17-7-9-18(21)10-8-17/h2-11H,12-14H2,1H3,(H,22,25). The summed E-state index contributed by atoms with van der Waals surface area (Å²) in [5.41, 5.74) is 2.41. The van der Waals surface area contributed by atoms with Crippen LogP contribution in [0.15, 0.2) is 65.1 Å². The van der Waals surface area contributed by atoms with Gasteiger partial charge in [-0.1, -0.05) is 58.4 Å². The third kappa shape index (κ3) is 5.77. The van der Waals surface area contributed by atoms with E-state index in [-0.39, 0.29) is 5.75 Å². The minimum atomic E-state index is -3.59. The van der Waals surface area contributed by atoms with Crippen molar-refractivity contribution in [3.05, 3.63) is 82.0 Å². The van der Waals surface area contributed by atoms with Gasteiger partial charge < -0.3 is 5.32 Å². The van der Waals surface area contributed by atoms with Gasteiger partial charge in [0.25, 0.3) is 0 Å². The van der Waals surface area contributed by atoms with E-state index in [1.54, 1.807) is 35.0 Å². The van der Waals surface area contributed by atoms with Gasteiger partial charge in [0.1, 0.15) is 11.6 Å². The first-order valence-electron chi connectivity index (χ1n) is 8.64. The molecule has 28 heavy (non-hydrogen) atoms. The van der Waals surface area contributed by atoms with Crippen molar-refractivity contribution in [2.24, 2.45) is 0 Å². The lowest BCUT2D eigenvalue weighted by atomic mass is 10.2. The average molecular weight is 462 g/mol. The minimum Gasteiger partial charge on any atom is -0.310 e. The molecule has 0 radical (unpaired) electrons. The molecule has 0 saturated carbocycles. The van der Waals surface area contributed by atoms with Gasteiger partial charge in [-0.25, -0.2) is 13.1 Å². The summed E-state index contributed by atoms with van der Waals surface area (Å²) >= 11 is 3.31. The number of hydrogen-bond donors (Lipinski definition) is 1. The largest absolute Gasteiger partial charge is 0.310 e. The van der Waals surface area contributed by atoms with Crippen molar-refractivity contribution in [3.8, 4) is 0 Å². The van der Waals surface area contributed by atoms with E-state index in [9.17, 15) is 13.2 Å². The van der Waals surface area contributed by atoms with Crippen molar-refractivity contribution < 1.29 is 13.2 Å². The molecule has 0 unspecified atom stereocenters. The van der Waals surface area contributed by atoms with Gasteiger partial charge in [0.2, 0.25) is 5.91 Å². The quantitative estimate of drug-likeness (QED) is 0.583. The lowest BCUT2D eigenvalue weighted by Gasteiger charge is -2.10. The van der Waals surface area contributed by atoms with Gasteiger partial charge in [-0.05, 0) is 30.2 Å². The van der Waals surface area contributed by atoms with Crippen LogP contribution in [0.4, 0.5) is 5.82 Å². The van der Waals surface area contributed by atoms with Gasteiger partial charge in [0.15, 0.2) is 9.84 Å². The molecular weight excluding hydrogens is 442 g/mol. The van der Waals surface area contributed by atoms with Crippen LogP contribution in [0.5, 0.6) is 0 Å². The van der Waals surface area contributed by atoms with Gasteiger partial charge >= 0.3 is 0 Å². The second kappa shape index (κ2) is 8.70. The van der Waals surface area contributed by atoms with Crippen molar-refractivity contribution in [2.75, 3.05) is 11.1 Å². The predicted octanol–water partition coefficient (Wildman–Crippen LogP) is 3.56. The van der Waals surface area contributed by atoms with E-state index < -0.39 is 21.5 Å². The molecule has 1 amide bonds. The fourth-order valence-electron chi connectivity index (χ4n) is 2.79. The maximum Gasteiger partial charge on any atom is 0.240 e. The lowest BCUT2D eigenvalue weighted by Crippen LogP contribution is -2.25. The first-order valence-corrected chi connectivity index (χ1v) is 11.3. The van der Waals surface area contributed by atoms with Crippen LogP contribution in [0.1, 0.15) is 16.8 Å². The Bertz CT molecular complexity index is 1060. The molecule has 146 valence electrons.